The maximum Gasteiger partial charge on any atom is 0.0893 e. The van der Waals surface area contributed by atoms with Crippen molar-refractivity contribution in [1.29, 1.82) is 0 Å². The summed E-state index contributed by atoms with van der Waals surface area (Å²) in [5.74, 6) is 6.48. The number of allylic oxidation sites excluding steroid dienone is 1. The third-order valence-electron chi connectivity index (χ3n) is 4.16. The van der Waals surface area contributed by atoms with E-state index >= 15 is 0 Å². The minimum absolute atomic E-state index is 0.379. The Morgan fingerprint density at radius 1 is 1.44 bits per heavy atom. The van der Waals surface area contributed by atoms with E-state index in [1.807, 2.05) is 6.92 Å². The second-order valence-corrected chi connectivity index (χ2v) is 5.12. The standard InChI is InChI=1S/C15H22O/c1-2-3-8-13-11-7-12-15(13,16)14-9-5-4-6-10-14/h9,13,16H,4-8,10-12H2,1H3/t13-,15+/m1/s1. The summed E-state index contributed by atoms with van der Waals surface area (Å²) in [6.07, 6.45) is 11.2. The van der Waals surface area contributed by atoms with Crippen LogP contribution in [0.1, 0.15) is 58.3 Å². The topological polar surface area (TPSA) is 20.2 Å². The maximum absolute atomic E-state index is 10.9. The van der Waals surface area contributed by atoms with Crippen molar-refractivity contribution in [2.24, 2.45) is 5.92 Å². The van der Waals surface area contributed by atoms with Gasteiger partial charge in [0.15, 0.2) is 0 Å². The molecule has 0 spiro atoms. The Morgan fingerprint density at radius 2 is 2.31 bits per heavy atom. The third kappa shape index (κ3) is 2.18. The molecule has 1 nitrogen and oxygen atoms in total. The van der Waals surface area contributed by atoms with Gasteiger partial charge in [-0.1, -0.05) is 6.08 Å². The van der Waals surface area contributed by atoms with Gasteiger partial charge in [-0.15, -0.1) is 11.8 Å². The van der Waals surface area contributed by atoms with Crippen molar-refractivity contribution in [2.45, 2.75) is 63.9 Å². The second kappa shape index (κ2) is 5.06. The van der Waals surface area contributed by atoms with Gasteiger partial charge in [0.05, 0.1) is 5.60 Å². The van der Waals surface area contributed by atoms with Crippen LogP contribution in [0.5, 0.6) is 0 Å². The largest absolute Gasteiger partial charge is 0.385 e. The Hall–Kier alpha value is -0.740. The molecule has 1 N–H and O–H groups in total. The van der Waals surface area contributed by atoms with Gasteiger partial charge in [-0.25, -0.2) is 0 Å². The van der Waals surface area contributed by atoms with Gasteiger partial charge >= 0.3 is 0 Å². The van der Waals surface area contributed by atoms with E-state index in [1.165, 1.54) is 18.4 Å². The Morgan fingerprint density at radius 3 is 3.00 bits per heavy atom. The van der Waals surface area contributed by atoms with Crippen molar-refractivity contribution in [3.05, 3.63) is 11.6 Å². The predicted octanol–water partition coefficient (Wildman–Crippen LogP) is 3.43. The van der Waals surface area contributed by atoms with Crippen molar-refractivity contribution in [1.82, 2.24) is 0 Å². The van der Waals surface area contributed by atoms with Crippen LogP contribution >= 0.6 is 0 Å². The summed E-state index contributed by atoms with van der Waals surface area (Å²) in [5, 5.41) is 10.9. The number of hydrogen-bond acceptors (Lipinski definition) is 1. The molecule has 2 aliphatic rings. The van der Waals surface area contributed by atoms with Gasteiger partial charge in [0.1, 0.15) is 0 Å². The van der Waals surface area contributed by atoms with Gasteiger partial charge < -0.3 is 5.11 Å². The molecule has 88 valence electrons. The van der Waals surface area contributed by atoms with E-state index in [9.17, 15) is 5.11 Å². The van der Waals surface area contributed by atoms with E-state index in [0.717, 1.165) is 38.5 Å². The highest BCUT2D eigenvalue weighted by Crippen LogP contribution is 2.45. The van der Waals surface area contributed by atoms with Crippen molar-refractivity contribution < 1.29 is 5.11 Å². The fourth-order valence-corrected chi connectivity index (χ4v) is 3.21. The number of hydrogen-bond donors (Lipinski definition) is 1. The summed E-state index contributed by atoms with van der Waals surface area (Å²) in [4.78, 5) is 0. The molecule has 0 amide bonds. The van der Waals surface area contributed by atoms with Crippen LogP contribution in [-0.4, -0.2) is 10.7 Å². The monoisotopic (exact) mass is 218 g/mol. The van der Waals surface area contributed by atoms with Gasteiger partial charge in [0, 0.05) is 12.3 Å². The average Bonchev–Trinajstić information content (AvgIpc) is 2.71. The van der Waals surface area contributed by atoms with Crippen LogP contribution in [0, 0.1) is 17.8 Å². The smallest absolute Gasteiger partial charge is 0.0893 e. The molecule has 0 aromatic rings. The molecule has 1 heteroatoms. The van der Waals surface area contributed by atoms with Gasteiger partial charge in [-0.2, -0.15) is 0 Å². The zero-order chi connectivity index (χ0) is 11.4. The molecule has 1 fully saturated rings. The van der Waals surface area contributed by atoms with E-state index in [2.05, 4.69) is 17.9 Å². The molecule has 0 saturated heterocycles. The third-order valence-corrected chi connectivity index (χ3v) is 4.16. The highest BCUT2D eigenvalue weighted by Gasteiger charge is 2.43. The molecule has 0 unspecified atom stereocenters. The fourth-order valence-electron chi connectivity index (χ4n) is 3.21. The molecule has 0 aromatic heterocycles. The lowest BCUT2D eigenvalue weighted by molar-refractivity contribution is 0.0360. The molecule has 0 heterocycles. The minimum Gasteiger partial charge on any atom is -0.385 e. The quantitative estimate of drug-likeness (QED) is 0.556. The van der Waals surface area contributed by atoms with E-state index in [1.54, 1.807) is 0 Å². The van der Waals surface area contributed by atoms with Crippen molar-refractivity contribution in [3.63, 3.8) is 0 Å². The maximum atomic E-state index is 10.9. The minimum atomic E-state index is -0.510. The average molecular weight is 218 g/mol. The first kappa shape index (κ1) is 11.7. The second-order valence-electron chi connectivity index (χ2n) is 5.12. The van der Waals surface area contributed by atoms with Crippen molar-refractivity contribution in [2.75, 3.05) is 0 Å². The highest BCUT2D eigenvalue weighted by atomic mass is 16.3. The van der Waals surface area contributed by atoms with Crippen LogP contribution in [-0.2, 0) is 0 Å². The van der Waals surface area contributed by atoms with E-state index in [-0.39, 0.29) is 0 Å². The van der Waals surface area contributed by atoms with Gasteiger partial charge in [-0.3, -0.25) is 0 Å². The molecule has 0 bridgehead atoms. The summed E-state index contributed by atoms with van der Waals surface area (Å²) < 4.78 is 0. The Balaban J connectivity index is 2.13. The van der Waals surface area contributed by atoms with E-state index in [0.29, 0.717) is 5.92 Å². The van der Waals surface area contributed by atoms with Gasteiger partial charge in [0.2, 0.25) is 0 Å². The highest BCUT2D eigenvalue weighted by molar-refractivity contribution is 5.23. The predicted molar refractivity (Wildman–Crippen MR) is 66.9 cm³/mol. The molecular formula is C15H22O. The summed E-state index contributed by atoms with van der Waals surface area (Å²) in [6, 6.07) is 0. The number of rotatable bonds is 2. The van der Waals surface area contributed by atoms with Crippen LogP contribution in [0.3, 0.4) is 0 Å². The molecule has 0 aromatic carbocycles. The molecule has 0 radical (unpaired) electrons. The van der Waals surface area contributed by atoms with Crippen molar-refractivity contribution >= 4 is 0 Å². The van der Waals surface area contributed by atoms with Gasteiger partial charge in [-0.05, 0) is 57.4 Å². The normalized spacial score (nSPS) is 34.1. The first-order valence-electron chi connectivity index (χ1n) is 6.59. The molecule has 1 saturated carbocycles. The lowest BCUT2D eigenvalue weighted by atomic mass is 9.77. The van der Waals surface area contributed by atoms with Crippen LogP contribution in [0.4, 0.5) is 0 Å². The Bertz CT molecular complexity index is 331. The molecular weight excluding hydrogens is 196 g/mol. The van der Waals surface area contributed by atoms with Gasteiger partial charge in [0.25, 0.3) is 0 Å². The molecule has 0 aliphatic heterocycles. The van der Waals surface area contributed by atoms with E-state index < -0.39 is 5.60 Å². The zero-order valence-electron chi connectivity index (χ0n) is 10.3. The van der Waals surface area contributed by atoms with Crippen molar-refractivity contribution in [3.8, 4) is 11.8 Å². The number of aliphatic hydroxyl groups is 1. The Kier molecular flexibility index (Phi) is 3.71. The molecule has 2 aliphatic carbocycles. The fraction of sp³-hybridized carbons (Fsp3) is 0.733. The summed E-state index contributed by atoms with van der Waals surface area (Å²) in [6.45, 7) is 1.88. The SMILES string of the molecule is CC#CC[C@@H]1CCC[C@@]1(O)C1=CCCCC1. The Labute approximate surface area is 98.9 Å². The summed E-state index contributed by atoms with van der Waals surface area (Å²) in [5.41, 5.74) is 0.809. The first-order chi connectivity index (χ1) is 7.77. The molecule has 2 atom stereocenters. The summed E-state index contributed by atoms with van der Waals surface area (Å²) in [7, 11) is 0. The molecule has 2 rings (SSSR count). The van der Waals surface area contributed by atoms with Crippen LogP contribution in [0.2, 0.25) is 0 Å². The van der Waals surface area contributed by atoms with Crippen LogP contribution in [0.15, 0.2) is 11.6 Å². The lowest BCUT2D eigenvalue weighted by Crippen LogP contribution is -2.36. The molecule has 16 heavy (non-hydrogen) atoms. The van der Waals surface area contributed by atoms with E-state index in [4.69, 9.17) is 0 Å². The lowest BCUT2D eigenvalue weighted by Gasteiger charge is -2.34. The first-order valence-corrected chi connectivity index (χ1v) is 6.59. The summed E-state index contributed by atoms with van der Waals surface area (Å²) >= 11 is 0. The zero-order valence-corrected chi connectivity index (χ0v) is 10.3. The van der Waals surface area contributed by atoms with Crippen LogP contribution in [0.25, 0.3) is 0 Å². The van der Waals surface area contributed by atoms with Crippen LogP contribution < -0.4 is 0 Å².